The smallest absolute Gasteiger partial charge is 0.407 e. The van der Waals surface area contributed by atoms with E-state index < -0.39 is 32.5 Å². The van der Waals surface area contributed by atoms with Crippen molar-refractivity contribution < 1.29 is 23.9 Å². The zero-order chi connectivity index (χ0) is 15.4. The van der Waals surface area contributed by atoms with Crippen molar-refractivity contribution in [2.45, 2.75) is 58.0 Å². The molecular weight excluding hydrogens is 266 g/mol. The predicted octanol–water partition coefficient (Wildman–Crippen LogP) is 2.21. The molecular formula is C12H25NO5Si. The van der Waals surface area contributed by atoms with Crippen molar-refractivity contribution in [1.29, 1.82) is 0 Å². The van der Waals surface area contributed by atoms with Crippen LogP contribution < -0.4 is 5.32 Å². The highest BCUT2D eigenvalue weighted by atomic mass is 28.4. The Morgan fingerprint density at radius 2 is 1.74 bits per heavy atom. The number of amides is 1. The van der Waals surface area contributed by atoms with E-state index in [1.165, 1.54) is 7.11 Å². The Kier molecular flexibility index (Phi) is 6.02. The normalized spacial score (nSPS) is 15.5. The molecule has 0 radical (unpaired) electrons. The summed E-state index contributed by atoms with van der Waals surface area (Å²) in [4.78, 5) is 22.3. The number of nitrogens with one attached hydrogen (secondary N) is 1. The van der Waals surface area contributed by atoms with Crippen LogP contribution in [0.15, 0.2) is 0 Å². The van der Waals surface area contributed by atoms with E-state index in [1.807, 2.05) is 13.1 Å². The van der Waals surface area contributed by atoms with Crippen molar-refractivity contribution in [2.75, 3.05) is 7.11 Å². The Morgan fingerprint density at radius 1 is 1.26 bits per heavy atom. The highest BCUT2D eigenvalue weighted by molar-refractivity contribution is 6.74. The van der Waals surface area contributed by atoms with Crippen molar-refractivity contribution in [2.24, 2.45) is 0 Å². The molecule has 0 aromatic rings. The van der Waals surface area contributed by atoms with Gasteiger partial charge in [-0.25, -0.2) is 9.59 Å². The molecule has 112 valence electrons. The second-order valence-electron chi connectivity index (χ2n) is 6.04. The van der Waals surface area contributed by atoms with E-state index in [0.29, 0.717) is 0 Å². The van der Waals surface area contributed by atoms with Crippen LogP contribution in [0.25, 0.3) is 0 Å². The van der Waals surface area contributed by atoms with Crippen LogP contribution in [-0.4, -0.2) is 44.7 Å². The Bertz CT molecular complexity index is 338. The molecule has 6 nitrogen and oxygen atoms in total. The van der Waals surface area contributed by atoms with Crippen LogP contribution in [0.2, 0.25) is 18.1 Å². The number of aliphatic carboxylic acids is 1. The molecule has 7 heteroatoms. The predicted molar refractivity (Wildman–Crippen MR) is 74.7 cm³/mol. The summed E-state index contributed by atoms with van der Waals surface area (Å²) in [5.41, 5.74) is 0. The third-order valence-electron chi connectivity index (χ3n) is 3.48. The summed E-state index contributed by atoms with van der Waals surface area (Å²) in [5, 5.41) is 11.4. The van der Waals surface area contributed by atoms with Gasteiger partial charge in [-0.3, -0.25) is 0 Å². The zero-order valence-corrected chi connectivity index (χ0v) is 13.7. The molecule has 0 saturated heterocycles. The fourth-order valence-electron chi connectivity index (χ4n) is 1.28. The Labute approximate surface area is 115 Å². The monoisotopic (exact) mass is 291 g/mol. The Morgan fingerprint density at radius 3 is 2.05 bits per heavy atom. The van der Waals surface area contributed by atoms with Crippen molar-refractivity contribution >= 4 is 20.4 Å². The minimum atomic E-state index is -2.09. The number of alkyl carbamates (subject to hydrolysis) is 1. The van der Waals surface area contributed by atoms with Gasteiger partial charge in [-0.05, 0) is 25.1 Å². The van der Waals surface area contributed by atoms with Gasteiger partial charge in [-0.1, -0.05) is 20.8 Å². The lowest BCUT2D eigenvalue weighted by atomic mass is 10.2. The molecule has 1 amide bonds. The van der Waals surface area contributed by atoms with Crippen LogP contribution in [0.5, 0.6) is 0 Å². The number of carboxylic acid groups (broad SMARTS) is 1. The molecule has 0 saturated carbocycles. The third-order valence-corrected chi connectivity index (χ3v) is 8.05. The van der Waals surface area contributed by atoms with Gasteiger partial charge in [0.15, 0.2) is 14.4 Å². The van der Waals surface area contributed by atoms with E-state index >= 15 is 0 Å². The lowest BCUT2D eigenvalue weighted by molar-refractivity contribution is -0.141. The summed E-state index contributed by atoms with van der Waals surface area (Å²) in [6.07, 6.45) is -1.41. The van der Waals surface area contributed by atoms with E-state index in [-0.39, 0.29) is 5.04 Å². The lowest BCUT2D eigenvalue weighted by Crippen LogP contribution is -2.53. The van der Waals surface area contributed by atoms with Crippen LogP contribution in [0.1, 0.15) is 27.7 Å². The van der Waals surface area contributed by atoms with Crippen molar-refractivity contribution in [1.82, 2.24) is 5.32 Å². The highest BCUT2D eigenvalue weighted by Gasteiger charge is 2.41. The zero-order valence-electron chi connectivity index (χ0n) is 12.7. The minimum absolute atomic E-state index is 0.0322. The second kappa shape index (κ2) is 6.38. The summed E-state index contributed by atoms with van der Waals surface area (Å²) < 4.78 is 10.4. The number of methoxy groups -OCH3 is 1. The van der Waals surface area contributed by atoms with Crippen LogP contribution in [0.3, 0.4) is 0 Å². The van der Waals surface area contributed by atoms with Gasteiger partial charge in [0, 0.05) is 0 Å². The van der Waals surface area contributed by atoms with Crippen LogP contribution in [0.4, 0.5) is 4.79 Å². The molecule has 2 atom stereocenters. The molecule has 0 rings (SSSR count). The van der Waals surface area contributed by atoms with Gasteiger partial charge in [0.1, 0.15) is 0 Å². The largest absolute Gasteiger partial charge is 0.480 e. The Balaban J connectivity index is 4.89. The number of rotatable bonds is 5. The molecule has 0 bridgehead atoms. The van der Waals surface area contributed by atoms with Gasteiger partial charge in [0.2, 0.25) is 0 Å². The highest BCUT2D eigenvalue weighted by Crippen LogP contribution is 2.37. The molecule has 0 heterocycles. The van der Waals surface area contributed by atoms with E-state index in [0.717, 1.165) is 0 Å². The first-order valence-electron chi connectivity index (χ1n) is 6.17. The average molecular weight is 291 g/mol. The SMILES string of the molecule is COC(=O)NC(C(=O)O)C(C)O[Si](C)(C)C(C)(C)C. The average Bonchev–Trinajstić information content (AvgIpc) is 2.22. The first-order chi connectivity index (χ1) is 8.42. The number of hydrogen-bond donors (Lipinski definition) is 2. The first-order valence-corrected chi connectivity index (χ1v) is 9.08. The van der Waals surface area contributed by atoms with Crippen molar-refractivity contribution in [3.05, 3.63) is 0 Å². The van der Waals surface area contributed by atoms with Crippen LogP contribution in [0, 0.1) is 0 Å². The van der Waals surface area contributed by atoms with Gasteiger partial charge in [-0.2, -0.15) is 0 Å². The molecule has 2 unspecified atom stereocenters. The molecule has 0 aromatic heterocycles. The molecule has 0 aliphatic carbocycles. The maximum Gasteiger partial charge on any atom is 0.407 e. The molecule has 0 aliphatic heterocycles. The summed E-state index contributed by atoms with van der Waals surface area (Å²) in [6.45, 7) is 11.9. The Hall–Kier alpha value is -1.08. The quantitative estimate of drug-likeness (QED) is 0.759. The molecule has 0 aromatic carbocycles. The molecule has 0 aliphatic rings. The number of carbonyl (C=O) groups is 2. The van der Waals surface area contributed by atoms with E-state index in [9.17, 15) is 9.59 Å². The number of ether oxygens (including phenoxy) is 1. The van der Waals surface area contributed by atoms with Crippen molar-refractivity contribution in [3.8, 4) is 0 Å². The van der Waals surface area contributed by atoms with Gasteiger partial charge in [0.05, 0.1) is 13.2 Å². The maximum absolute atomic E-state index is 11.2. The molecule has 19 heavy (non-hydrogen) atoms. The molecule has 0 fully saturated rings. The van der Waals surface area contributed by atoms with Gasteiger partial charge >= 0.3 is 12.1 Å². The lowest BCUT2D eigenvalue weighted by Gasteiger charge is -2.39. The van der Waals surface area contributed by atoms with Gasteiger partial charge in [0.25, 0.3) is 0 Å². The fraction of sp³-hybridized carbons (Fsp3) is 0.833. The first kappa shape index (κ1) is 17.9. The second-order valence-corrected chi connectivity index (χ2v) is 10.8. The van der Waals surface area contributed by atoms with E-state index in [2.05, 4.69) is 30.8 Å². The molecule has 0 spiro atoms. The fourth-order valence-corrected chi connectivity index (χ4v) is 2.69. The third kappa shape index (κ3) is 5.20. The van der Waals surface area contributed by atoms with Crippen LogP contribution >= 0.6 is 0 Å². The number of hydrogen-bond acceptors (Lipinski definition) is 4. The number of carbonyl (C=O) groups excluding carboxylic acids is 1. The van der Waals surface area contributed by atoms with E-state index in [4.69, 9.17) is 9.53 Å². The van der Waals surface area contributed by atoms with Gasteiger partial charge in [-0.15, -0.1) is 0 Å². The summed E-state index contributed by atoms with van der Waals surface area (Å²) in [6, 6.07) is -1.12. The summed E-state index contributed by atoms with van der Waals surface area (Å²) in [7, 11) is -0.905. The standard InChI is InChI=1S/C12H25NO5Si/c1-8(18-19(6,7)12(2,3)4)9(10(14)15)13-11(16)17-5/h8-9H,1-7H3,(H,13,16)(H,14,15). The molecule has 2 N–H and O–H groups in total. The summed E-state index contributed by atoms with van der Waals surface area (Å²) in [5.74, 6) is -1.14. The van der Waals surface area contributed by atoms with E-state index in [1.54, 1.807) is 6.92 Å². The van der Waals surface area contributed by atoms with Crippen molar-refractivity contribution in [3.63, 3.8) is 0 Å². The number of carboxylic acids is 1. The summed E-state index contributed by atoms with van der Waals surface area (Å²) >= 11 is 0. The van der Waals surface area contributed by atoms with Crippen LogP contribution in [-0.2, 0) is 14.0 Å². The topological polar surface area (TPSA) is 84.9 Å². The maximum atomic E-state index is 11.2. The van der Waals surface area contributed by atoms with Gasteiger partial charge < -0.3 is 19.6 Å². The minimum Gasteiger partial charge on any atom is -0.480 e.